The summed E-state index contributed by atoms with van der Waals surface area (Å²) >= 11 is 6.04. The Morgan fingerprint density at radius 1 is 0.920 bits per heavy atom. The van der Waals surface area contributed by atoms with Gasteiger partial charge in [-0.1, -0.05) is 41.9 Å². The summed E-state index contributed by atoms with van der Waals surface area (Å²) < 4.78 is 26.6. The number of sulfonamides is 1. The van der Waals surface area contributed by atoms with E-state index in [-0.39, 0.29) is 24.0 Å². The van der Waals surface area contributed by atoms with Crippen molar-refractivity contribution in [1.82, 2.24) is 9.21 Å². The summed E-state index contributed by atoms with van der Waals surface area (Å²) in [5, 5.41) is 3.21. The molecule has 6 nitrogen and oxygen atoms in total. The molecule has 0 radical (unpaired) electrons. The van der Waals surface area contributed by atoms with Gasteiger partial charge in [0.05, 0.1) is 15.6 Å². The van der Waals surface area contributed by atoms with Crippen molar-refractivity contribution in [3.8, 4) is 0 Å². The van der Waals surface area contributed by atoms with Crippen molar-refractivity contribution < 1.29 is 13.2 Å². The summed E-state index contributed by atoms with van der Waals surface area (Å²) in [5.74, 6) is 0. The summed E-state index contributed by atoms with van der Waals surface area (Å²) in [6, 6.07) is 15.0. The second-order valence-electron chi connectivity index (χ2n) is 5.61. The number of carbonyl (C=O) groups excluding carboxylic acids is 1. The van der Waals surface area contributed by atoms with Gasteiger partial charge in [0, 0.05) is 26.2 Å². The zero-order valence-corrected chi connectivity index (χ0v) is 15.0. The minimum Gasteiger partial charge on any atom is -0.322 e. The number of amides is 2. The number of hydrogen-bond donors (Lipinski definition) is 1. The van der Waals surface area contributed by atoms with E-state index in [0.29, 0.717) is 23.8 Å². The standard InChI is InChI=1S/C17H18ClN3O3S/c18-15-8-4-5-9-16(15)19-17(22)20-10-12-21(13-11-20)25(23,24)14-6-2-1-3-7-14/h1-9H,10-13H2,(H,19,22). The molecule has 0 unspecified atom stereocenters. The zero-order chi connectivity index (χ0) is 17.9. The van der Waals surface area contributed by atoms with Gasteiger partial charge in [0.1, 0.15) is 0 Å². The molecule has 1 fully saturated rings. The van der Waals surface area contributed by atoms with Crippen molar-refractivity contribution in [3.05, 3.63) is 59.6 Å². The van der Waals surface area contributed by atoms with E-state index in [2.05, 4.69) is 5.32 Å². The molecule has 0 bridgehead atoms. The highest BCUT2D eigenvalue weighted by molar-refractivity contribution is 7.89. The van der Waals surface area contributed by atoms with Crippen LogP contribution in [0.4, 0.5) is 10.5 Å². The van der Waals surface area contributed by atoms with E-state index in [1.165, 1.54) is 4.31 Å². The first-order valence-electron chi connectivity index (χ1n) is 7.84. The fourth-order valence-electron chi connectivity index (χ4n) is 2.63. The molecule has 1 N–H and O–H groups in total. The fraction of sp³-hybridized carbons (Fsp3) is 0.235. The van der Waals surface area contributed by atoms with Crippen LogP contribution in [0.2, 0.25) is 5.02 Å². The molecular formula is C17H18ClN3O3S. The third-order valence-corrected chi connectivity index (χ3v) is 6.26. The first-order valence-corrected chi connectivity index (χ1v) is 9.66. The van der Waals surface area contributed by atoms with Crippen LogP contribution >= 0.6 is 11.6 Å². The number of carbonyl (C=O) groups is 1. The van der Waals surface area contributed by atoms with Crippen LogP contribution in [0.5, 0.6) is 0 Å². The molecule has 1 heterocycles. The molecule has 0 aliphatic carbocycles. The summed E-state index contributed by atoms with van der Waals surface area (Å²) in [4.78, 5) is 14.2. The van der Waals surface area contributed by atoms with Gasteiger partial charge in [0.25, 0.3) is 0 Å². The molecule has 132 valence electrons. The van der Waals surface area contributed by atoms with Crippen LogP contribution < -0.4 is 5.32 Å². The third kappa shape index (κ3) is 3.95. The maximum atomic E-state index is 12.6. The molecule has 3 rings (SSSR count). The number of para-hydroxylation sites is 1. The van der Waals surface area contributed by atoms with Gasteiger partial charge >= 0.3 is 6.03 Å². The van der Waals surface area contributed by atoms with Crippen molar-refractivity contribution in [3.63, 3.8) is 0 Å². The topological polar surface area (TPSA) is 69.7 Å². The van der Waals surface area contributed by atoms with Gasteiger partial charge in [-0.05, 0) is 24.3 Å². The van der Waals surface area contributed by atoms with Crippen LogP contribution in [-0.2, 0) is 10.0 Å². The molecule has 0 atom stereocenters. The van der Waals surface area contributed by atoms with Crippen molar-refractivity contribution in [2.75, 3.05) is 31.5 Å². The molecule has 8 heteroatoms. The molecule has 1 saturated heterocycles. The normalized spacial score (nSPS) is 15.8. The minimum atomic E-state index is -3.52. The minimum absolute atomic E-state index is 0.257. The number of hydrogen-bond acceptors (Lipinski definition) is 3. The molecule has 25 heavy (non-hydrogen) atoms. The second-order valence-corrected chi connectivity index (χ2v) is 7.96. The van der Waals surface area contributed by atoms with Gasteiger partial charge in [-0.3, -0.25) is 0 Å². The van der Waals surface area contributed by atoms with Crippen LogP contribution in [0.1, 0.15) is 0 Å². The Kier molecular flexibility index (Phi) is 5.27. The van der Waals surface area contributed by atoms with Crippen LogP contribution in [0.25, 0.3) is 0 Å². The van der Waals surface area contributed by atoms with Gasteiger partial charge in [-0.15, -0.1) is 0 Å². The maximum absolute atomic E-state index is 12.6. The summed E-state index contributed by atoms with van der Waals surface area (Å²) in [6.07, 6.45) is 0. The zero-order valence-electron chi connectivity index (χ0n) is 13.4. The SMILES string of the molecule is O=C(Nc1ccccc1Cl)N1CCN(S(=O)(=O)c2ccccc2)CC1. The Morgan fingerprint density at radius 3 is 2.16 bits per heavy atom. The van der Waals surface area contributed by atoms with Crippen LogP contribution in [0.3, 0.4) is 0 Å². The average Bonchev–Trinajstić information content (AvgIpc) is 2.64. The molecule has 0 saturated carbocycles. The number of halogens is 1. The van der Waals surface area contributed by atoms with Crippen LogP contribution in [-0.4, -0.2) is 49.8 Å². The Balaban J connectivity index is 1.62. The number of anilines is 1. The van der Waals surface area contributed by atoms with Crippen molar-refractivity contribution in [2.24, 2.45) is 0 Å². The van der Waals surface area contributed by atoms with Gasteiger partial charge in [0.15, 0.2) is 0 Å². The van der Waals surface area contributed by atoms with Crippen molar-refractivity contribution in [1.29, 1.82) is 0 Å². The van der Waals surface area contributed by atoms with Crippen molar-refractivity contribution in [2.45, 2.75) is 4.90 Å². The Hall–Kier alpha value is -2.09. The highest BCUT2D eigenvalue weighted by Crippen LogP contribution is 2.22. The van der Waals surface area contributed by atoms with Gasteiger partial charge in [-0.2, -0.15) is 4.31 Å². The van der Waals surface area contributed by atoms with E-state index >= 15 is 0 Å². The highest BCUT2D eigenvalue weighted by Gasteiger charge is 2.30. The number of urea groups is 1. The first kappa shape index (κ1) is 17.7. The van der Waals surface area contributed by atoms with Crippen molar-refractivity contribution >= 4 is 33.3 Å². The van der Waals surface area contributed by atoms with Gasteiger partial charge in [0.2, 0.25) is 10.0 Å². The second kappa shape index (κ2) is 7.43. The van der Waals surface area contributed by atoms with E-state index in [4.69, 9.17) is 11.6 Å². The van der Waals surface area contributed by atoms with Gasteiger partial charge in [-0.25, -0.2) is 13.2 Å². The smallest absolute Gasteiger partial charge is 0.321 e. The molecule has 0 aromatic heterocycles. The number of rotatable bonds is 3. The first-order chi connectivity index (χ1) is 12.0. The van der Waals surface area contributed by atoms with Gasteiger partial charge < -0.3 is 10.2 Å². The molecule has 1 aliphatic heterocycles. The third-order valence-electron chi connectivity index (χ3n) is 4.02. The van der Waals surface area contributed by atoms with Crippen LogP contribution in [0.15, 0.2) is 59.5 Å². The monoisotopic (exact) mass is 379 g/mol. The molecular weight excluding hydrogens is 362 g/mol. The summed E-state index contributed by atoms with van der Waals surface area (Å²) in [7, 11) is -3.52. The number of nitrogens with zero attached hydrogens (tertiary/aromatic N) is 2. The van der Waals surface area contributed by atoms with Crippen LogP contribution in [0, 0.1) is 0 Å². The van der Waals surface area contributed by atoms with E-state index in [0.717, 1.165) is 0 Å². The van der Waals surface area contributed by atoms with E-state index < -0.39 is 10.0 Å². The summed E-state index contributed by atoms with van der Waals surface area (Å²) in [5.41, 5.74) is 0.536. The predicted molar refractivity (Wildman–Crippen MR) is 97.2 cm³/mol. The van der Waals surface area contributed by atoms with E-state index in [9.17, 15) is 13.2 Å². The lowest BCUT2D eigenvalue weighted by molar-refractivity contribution is 0.184. The van der Waals surface area contributed by atoms with E-state index in [1.807, 2.05) is 0 Å². The summed E-state index contributed by atoms with van der Waals surface area (Å²) in [6.45, 7) is 1.16. The lowest BCUT2D eigenvalue weighted by Crippen LogP contribution is -2.51. The Labute approximate surface area is 152 Å². The lowest BCUT2D eigenvalue weighted by Gasteiger charge is -2.34. The molecule has 2 amide bonds. The highest BCUT2D eigenvalue weighted by atomic mass is 35.5. The number of nitrogens with one attached hydrogen (secondary N) is 1. The molecule has 0 spiro atoms. The maximum Gasteiger partial charge on any atom is 0.321 e. The fourth-order valence-corrected chi connectivity index (χ4v) is 4.26. The number of benzene rings is 2. The molecule has 1 aliphatic rings. The predicted octanol–water partition coefficient (Wildman–Crippen LogP) is 2.88. The van der Waals surface area contributed by atoms with E-state index in [1.54, 1.807) is 59.5 Å². The average molecular weight is 380 g/mol. The molecule has 2 aromatic carbocycles. The molecule has 2 aromatic rings. The Morgan fingerprint density at radius 2 is 1.52 bits per heavy atom. The Bertz CT molecular complexity index is 850. The lowest BCUT2D eigenvalue weighted by atomic mass is 10.3. The largest absolute Gasteiger partial charge is 0.322 e. The quantitative estimate of drug-likeness (QED) is 0.891. The number of piperazine rings is 1.